The maximum Gasteiger partial charge on any atom is 0.264 e. The van der Waals surface area contributed by atoms with E-state index in [4.69, 9.17) is 0 Å². The minimum atomic E-state index is -0.494. The van der Waals surface area contributed by atoms with Gasteiger partial charge in [0.1, 0.15) is 11.4 Å². The maximum atomic E-state index is 12.3. The number of hydrogen-bond donors (Lipinski definition) is 2. The predicted molar refractivity (Wildman–Crippen MR) is 70.2 cm³/mol. The van der Waals surface area contributed by atoms with Crippen molar-refractivity contribution in [2.75, 3.05) is 13.1 Å². The van der Waals surface area contributed by atoms with Crippen LogP contribution in [0.3, 0.4) is 0 Å². The van der Waals surface area contributed by atoms with Crippen molar-refractivity contribution in [3.63, 3.8) is 0 Å². The molecule has 1 saturated heterocycles. The second kappa shape index (κ2) is 5.13. The van der Waals surface area contributed by atoms with Crippen LogP contribution in [0.2, 0.25) is 0 Å². The van der Waals surface area contributed by atoms with E-state index in [2.05, 4.69) is 9.97 Å². The lowest BCUT2D eigenvalue weighted by molar-refractivity contribution is 0.0761. The van der Waals surface area contributed by atoms with Gasteiger partial charge in [0.15, 0.2) is 0 Å². The summed E-state index contributed by atoms with van der Waals surface area (Å²) in [4.78, 5) is 32.7. The van der Waals surface area contributed by atoms with Crippen molar-refractivity contribution >= 4 is 5.91 Å². The van der Waals surface area contributed by atoms with Crippen LogP contribution in [0.1, 0.15) is 48.1 Å². The number of aryl methyl sites for hydroxylation is 1. The number of aliphatic hydroxyl groups is 1. The van der Waals surface area contributed by atoms with Gasteiger partial charge in [-0.2, -0.15) is 0 Å². The number of likely N-dealkylation sites (tertiary alicyclic amines) is 1. The Morgan fingerprint density at radius 3 is 2.68 bits per heavy atom. The zero-order valence-electron chi connectivity index (χ0n) is 11.4. The van der Waals surface area contributed by atoms with E-state index in [1.165, 1.54) is 4.90 Å². The number of aromatic amines is 1. The minimum Gasteiger partial charge on any atom is -0.391 e. The molecular weight excluding hydrogens is 246 g/mol. The maximum absolute atomic E-state index is 12.3. The van der Waals surface area contributed by atoms with Gasteiger partial charge in [0.2, 0.25) is 0 Å². The fourth-order valence-electron chi connectivity index (χ4n) is 2.22. The first kappa shape index (κ1) is 13.7. The van der Waals surface area contributed by atoms with Crippen molar-refractivity contribution in [1.29, 1.82) is 0 Å². The van der Waals surface area contributed by atoms with Gasteiger partial charge in [-0.3, -0.25) is 9.59 Å². The molecule has 2 heterocycles. The van der Waals surface area contributed by atoms with Gasteiger partial charge in [-0.1, -0.05) is 13.8 Å². The zero-order chi connectivity index (χ0) is 14.2. The number of amides is 1. The van der Waals surface area contributed by atoms with E-state index < -0.39 is 11.7 Å². The Morgan fingerprint density at radius 1 is 1.53 bits per heavy atom. The quantitative estimate of drug-likeness (QED) is 0.811. The van der Waals surface area contributed by atoms with Crippen LogP contribution >= 0.6 is 0 Å². The SMILES string of the molecule is Cc1nc(C(C)C)[nH]c(=O)c1C(=O)N1CC[C@H](O)C1. The fraction of sp³-hybridized carbons (Fsp3) is 0.615. The first-order valence-corrected chi connectivity index (χ1v) is 6.48. The summed E-state index contributed by atoms with van der Waals surface area (Å²) in [6, 6.07) is 0. The summed E-state index contributed by atoms with van der Waals surface area (Å²) in [5, 5.41) is 9.46. The second-order valence-corrected chi connectivity index (χ2v) is 5.26. The lowest BCUT2D eigenvalue weighted by Crippen LogP contribution is -2.35. The molecule has 0 aromatic carbocycles. The standard InChI is InChI=1S/C13H19N3O3/c1-7(2)11-14-8(3)10(12(18)15-11)13(19)16-5-4-9(17)6-16/h7,9,17H,4-6H2,1-3H3,(H,14,15,18)/t9-/m0/s1. The van der Waals surface area contributed by atoms with Crippen molar-refractivity contribution in [3.8, 4) is 0 Å². The summed E-state index contributed by atoms with van der Waals surface area (Å²) in [5.74, 6) is 0.336. The molecule has 104 valence electrons. The van der Waals surface area contributed by atoms with Crippen LogP contribution < -0.4 is 5.56 Å². The van der Waals surface area contributed by atoms with Crippen molar-refractivity contribution in [2.45, 2.75) is 39.2 Å². The van der Waals surface area contributed by atoms with Gasteiger partial charge in [0.25, 0.3) is 11.5 Å². The molecule has 1 fully saturated rings. The molecule has 0 unspecified atom stereocenters. The lowest BCUT2D eigenvalue weighted by atomic mass is 10.1. The molecule has 6 heteroatoms. The third-order valence-electron chi connectivity index (χ3n) is 3.33. The highest BCUT2D eigenvalue weighted by Gasteiger charge is 2.28. The second-order valence-electron chi connectivity index (χ2n) is 5.26. The highest BCUT2D eigenvalue weighted by Crippen LogP contribution is 2.14. The van der Waals surface area contributed by atoms with Gasteiger partial charge in [-0.05, 0) is 13.3 Å². The third-order valence-corrected chi connectivity index (χ3v) is 3.33. The Hall–Kier alpha value is -1.69. The molecule has 2 rings (SSSR count). The molecule has 0 bridgehead atoms. The Kier molecular flexibility index (Phi) is 3.71. The topological polar surface area (TPSA) is 86.3 Å². The largest absolute Gasteiger partial charge is 0.391 e. The van der Waals surface area contributed by atoms with Gasteiger partial charge in [-0.15, -0.1) is 0 Å². The van der Waals surface area contributed by atoms with E-state index in [-0.39, 0.29) is 23.9 Å². The van der Waals surface area contributed by atoms with Crippen molar-refractivity contribution in [1.82, 2.24) is 14.9 Å². The van der Waals surface area contributed by atoms with E-state index in [1.54, 1.807) is 6.92 Å². The van der Waals surface area contributed by atoms with E-state index >= 15 is 0 Å². The Balaban J connectivity index is 2.35. The number of hydrogen-bond acceptors (Lipinski definition) is 4. The van der Waals surface area contributed by atoms with Gasteiger partial charge in [0, 0.05) is 19.0 Å². The molecule has 1 aromatic heterocycles. The summed E-state index contributed by atoms with van der Waals surface area (Å²) in [7, 11) is 0. The number of carbonyl (C=O) groups excluding carboxylic acids is 1. The molecular formula is C13H19N3O3. The van der Waals surface area contributed by atoms with Crippen LogP contribution in [0.4, 0.5) is 0 Å². The van der Waals surface area contributed by atoms with Crippen LogP contribution in [0.15, 0.2) is 4.79 Å². The van der Waals surface area contributed by atoms with Crippen LogP contribution in [0, 0.1) is 6.92 Å². The van der Waals surface area contributed by atoms with Crippen LogP contribution in [-0.4, -0.2) is 45.1 Å². The van der Waals surface area contributed by atoms with Crippen molar-refractivity contribution in [3.05, 3.63) is 27.4 Å². The van der Waals surface area contributed by atoms with E-state index in [0.717, 1.165) is 0 Å². The fourth-order valence-corrected chi connectivity index (χ4v) is 2.22. The number of β-amino-alcohol motifs (C(OH)–C–C–N with tert-alkyl or cyclic N) is 1. The first-order valence-electron chi connectivity index (χ1n) is 6.48. The van der Waals surface area contributed by atoms with E-state index in [9.17, 15) is 14.7 Å². The summed E-state index contributed by atoms with van der Waals surface area (Å²) >= 11 is 0. The molecule has 6 nitrogen and oxygen atoms in total. The van der Waals surface area contributed by atoms with Crippen molar-refractivity contribution < 1.29 is 9.90 Å². The Morgan fingerprint density at radius 2 is 2.21 bits per heavy atom. The van der Waals surface area contributed by atoms with Crippen LogP contribution in [-0.2, 0) is 0 Å². The molecule has 2 N–H and O–H groups in total. The molecule has 19 heavy (non-hydrogen) atoms. The lowest BCUT2D eigenvalue weighted by Gasteiger charge is -2.16. The monoisotopic (exact) mass is 265 g/mol. The normalized spacial score (nSPS) is 19.2. The van der Waals surface area contributed by atoms with Gasteiger partial charge in [-0.25, -0.2) is 4.98 Å². The van der Waals surface area contributed by atoms with Crippen LogP contribution in [0.5, 0.6) is 0 Å². The highest BCUT2D eigenvalue weighted by atomic mass is 16.3. The average Bonchev–Trinajstić information content (AvgIpc) is 2.74. The van der Waals surface area contributed by atoms with Gasteiger partial charge in [0.05, 0.1) is 11.8 Å². The molecule has 1 atom stereocenters. The molecule has 0 saturated carbocycles. The summed E-state index contributed by atoms with van der Waals surface area (Å²) in [6.45, 7) is 6.28. The first-order chi connectivity index (χ1) is 8.90. The average molecular weight is 265 g/mol. The number of aromatic nitrogens is 2. The minimum absolute atomic E-state index is 0.0819. The zero-order valence-corrected chi connectivity index (χ0v) is 11.4. The summed E-state index contributed by atoms with van der Waals surface area (Å²) < 4.78 is 0. The number of carbonyl (C=O) groups is 1. The van der Waals surface area contributed by atoms with E-state index in [1.807, 2.05) is 13.8 Å². The highest BCUT2D eigenvalue weighted by molar-refractivity contribution is 5.95. The third kappa shape index (κ3) is 2.68. The molecule has 0 spiro atoms. The number of nitrogens with one attached hydrogen (secondary N) is 1. The Bertz CT molecular complexity index is 551. The Labute approximate surface area is 111 Å². The van der Waals surface area contributed by atoms with Gasteiger partial charge < -0.3 is 15.0 Å². The molecule has 1 amide bonds. The predicted octanol–water partition coefficient (Wildman–Crippen LogP) is 0.409. The van der Waals surface area contributed by atoms with Gasteiger partial charge >= 0.3 is 0 Å². The number of rotatable bonds is 2. The van der Waals surface area contributed by atoms with Crippen molar-refractivity contribution in [2.24, 2.45) is 0 Å². The summed E-state index contributed by atoms with van der Waals surface area (Å²) in [6.07, 6.45) is 0.0615. The smallest absolute Gasteiger partial charge is 0.264 e. The van der Waals surface area contributed by atoms with E-state index in [0.29, 0.717) is 24.5 Å². The molecule has 0 radical (unpaired) electrons. The number of nitrogens with zero attached hydrogens (tertiary/aromatic N) is 2. The molecule has 1 aliphatic heterocycles. The number of aliphatic hydroxyl groups excluding tert-OH is 1. The summed E-state index contributed by atoms with van der Waals surface area (Å²) in [5.41, 5.74) is 0.125. The molecule has 1 aliphatic rings. The molecule has 0 aliphatic carbocycles. The molecule has 1 aromatic rings. The number of H-pyrrole nitrogens is 1. The van der Waals surface area contributed by atoms with Crippen LogP contribution in [0.25, 0.3) is 0 Å².